The van der Waals surface area contributed by atoms with Gasteiger partial charge in [-0.2, -0.15) is 0 Å². The third-order valence-electron chi connectivity index (χ3n) is 2.44. The van der Waals surface area contributed by atoms with Crippen LogP contribution in [-0.2, 0) is 16.1 Å². The first-order valence-corrected chi connectivity index (χ1v) is 6.63. The van der Waals surface area contributed by atoms with Crippen LogP contribution in [0.3, 0.4) is 0 Å². The van der Waals surface area contributed by atoms with Crippen molar-refractivity contribution in [3.8, 4) is 0 Å². The maximum Gasteiger partial charge on any atom is 0.412 e. The van der Waals surface area contributed by atoms with E-state index in [1.54, 1.807) is 20.8 Å². The monoisotopic (exact) mass is 281 g/mol. The lowest BCUT2D eigenvalue weighted by molar-refractivity contribution is -0.00391. The Morgan fingerprint density at radius 1 is 1.25 bits per heavy atom. The van der Waals surface area contributed by atoms with Crippen LogP contribution in [-0.4, -0.2) is 41.6 Å². The standard InChI is InChI=1S/C15H23NO4/c1-15(2,3)20-14(18)16(12-17)9-10-19-11-13-7-5-4-6-8-13/h4-8,17H,9-12H2,1-3H3. The molecule has 0 spiro atoms. The Bertz CT molecular complexity index is 400. The SMILES string of the molecule is CC(C)(C)OC(=O)N(CO)CCOCc1ccccc1. The molecule has 1 aromatic carbocycles. The quantitative estimate of drug-likeness (QED) is 0.642. The molecule has 0 heterocycles. The van der Waals surface area contributed by atoms with Gasteiger partial charge in [0.25, 0.3) is 0 Å². The van der Waals surface area contributed by atoms with Gasteiger partial charge in [0.2, 0.25) is 0 Å². The Morgan fingerprint density at radius 2 is 1.90 bits per heavy atom. The second-order valence-corrected chi connectivity index (χ2v) is 5.42. The van der Waals surface area contributed by atoms with Crippen molar-refractivity contribution in [3.05, 3.63) is 35.9 Å². The lowest BCUT2D eigenvalue weighted by Gasteiger charge is -2.25. The number of nitrogens with zero attached hydrogens (tertiary/aromatic N) is 1. The van der Waals surface area contributed by atoms with Crippen molar-refractivity contribution in [2.24, 2.45) is 0 Å². The van der Waals surface area contributed by atoms with Gasteiger partial charge in [-0.05, 0) is 26.3 Å². The van der Waals surface area contributed by atoms with Crippen molar-refractivity contribution in [1.82, 2.24) is 4.90 Å². The van der Waals surface area contributed by atoms with E-state index in [1.165, 1.54) is 4.90 Å². The molecule has 0 atom stereocenters. The zero-order valence-electron chi connectivity index (χ0n) is 12.3. The van der Waals surface area contributed by atoms with Crippen LogP contribution in [0, 0.1) is 0 Å². The molecular formula is C15H23NO4. The summed E-state index contributed by atoms with van der Waals surface area (Å²) in [5, 5.41) is 9.18. The first kappa shape index (κ1) is 16.5. The van der Waals surface area contributed by atoms with E-state index in [4.69, 9.17) is 9.47 Å². The molecule has 1 aromatic rings. The molecular weight excluding hydrogens is 258 g/mol. The number of carbonyl (C=O) groups is 1. The van der Waals surface area contributed by atoms with Crippen molar-refractivity contribution in [1.29, 1.82) is 0 Å². The number of hydrogen-bond acceptors (Lipinski definition) is 4. The molecule has 1 amide bonds. The molecule has 0 unspecified atom stereocenters. The number of carbonyl (C=O) groups excluding carboxylic acids is 1. The van der Waals surface area contributed by atoms with Gasteiger partial charge >= 0.3 is 6.09 Å². The molecule has 0 saturated heterocycles. The molecule has 1 rings (SSSR count). The molecule has 0 aliphatic heterocycles. The van der Waals surface area contributed by atoms with Crippen LogP contribution in [0.4, 0.5) is 4.79 Å². The topological polar surface area (TPSA) is 59.0 Å². The van der Waals surface area contributed by atoms with Crippen LogP contribution >= 0.6 is 0 Å². The predicted molar refractivity (Wildman–Crippen MR) is 76.1 cm³/mol. The summed E-state index contributed by atoms with van der Waals surface area (Å²) in [6, 6.07) is 9.77. The van der Waals surface area contributed by atoms with E-state index < -0.39 is 11.7 Å². The fourth-order valence-corrected chi connectivity index (χ4v) is 1.49. The van der Waals surface area contributed by atoms with Crippen molar-refractivity contribution in [3.63, 3.8) is 0 Å². The van der Waals surface area contributed by atoms with Gasteiger partial charge in [0.05, 0.1) is 13.2 Å². The number of rotatable bonds is 6. The summed E-state index contributed by atoms with van der Waals surface area (Å²) in [6.45, 7) is 6.08. The minimum Gasteiger partial charge on any atom is -0.444 e. The summed E-state index contributed by atoms with van der Waals surface area (Å²) in [5.74, 6) is 0. The minimum absolute atomic E-state index is 0.290. The van der Waals surface area contributed by atoms with Crippen molar-refractivity contribution in [2.75, 3.05) is 19.9 Å². The highest BCUT2D eigenvalue weighted by Crippen LogP contribution is 2.09. The number of hydrogen-bond donors (Lipinski definition) is 1. The van der Waals surface area contributed by atoms with Gasteiger partial charge in [0, 0.05) is 6.54 Å². The Hall–Kier alpha value is -1.59. The molecule has 0 saturated carbocycles. The third kappa shape index (κ3) is 6.54. The highest BCUT2D eigenvalue weighted by Gasteiger charge is 2.21. The van der Waals surface area contributed by atoms with Crippen molar-refractivity contribution >= 4 is 6.09 Å². The number of ether oxygens (including phenoxy) is 2. The first-order chi connectivity index (χ1) is 9.42. The molecule has 5 heteroatoms. The molecule has 0 aliphatic carbocycles. The van der Waals surface area contributed by atoms with Crippen molar-refractivity contribution < 1.29 is 19.4 Å². The summed E-state index contributed by atoms with van der Waals surface area (Å²) in [5.41, 5.74) is 0.496. The molecule has 0 fully saturated rings. The molecule has 0 bridgehead atoms. The number of aliphatic hydroxyl groups is 1. The van der Waals surface area contributed by atoms with E-state index in [2.05, 4.69) is 0 Å². The minimum atomic E-state index is -0.574. The Kier molecular flexibility index (Phi) is 6.48. The third-order valence-corrected chi connectivity index (χ3v) is 2.44. The van der Waals surface area contributed by atoms with Gasteiger partial charge in [-0.25, -0.2) is 4.79 Å². The van der Waals surface area contributed by atoms with E-state index in [1.807, 2.05) is 30.3 Å². The lowest BCUT2D eigenvalue weighted by atomic mass is 10.2. The van der Waals surface area contributed by atoms with Crippen molar-refractivity contribution in [2.45, 2.75) is 33.0 Å². The zero-order valence-corrected chi connectivity index (χ0v) is 12.3. The Morgan fingerprint density at radius 3 is 2.45 bits per heavy atom. The summed E-state index contributed by atoms with van der Waals surface area (Å²) in [6.07, 6.45) is -0.539. The van der Waals surface area contributed by atoms with E-state index >= 15 is 0 Å². The number of benzene rings is 1. The van der Waals surface area contributed by atoms with Crippen LogP contribution in [0.5, 0.6) is 0 Å². The first-order valence-electron chi connectivity index (χ1n) is 6.63. The second-order valence-electron chi connectivity index (χ2n) is 5.42. The van der Waals surface area contributed by atoms with Crippen LogP contribution in [0.2, 0.25) is 0 Å². The normalized spacial score (nSPS) is 11.2. The smallest absolute Gasteiger partial charge is 0.412 e. The van der Waals surface area contributed by atoms with Crippen LogP contribution in [0.1, 0.15) is 26.3 Å². The number of aliphatic hydroxyl groups excluding tert-OH is 1. The zero-order chi connectivity index (χ0) is 15.0. The van der Waals surface area contributed by atoms with Crippen LogP contribution in [0.15, 0.2) is 30.3 Å². The Balaban J connectivity index is 2.29. The van der Waals surface area contributed by atoms with Gasteiger partial charge < -0.3 is 14.6 Å². The lowest BCUT2D eigenvalue weighted by Crippen LogP contribution is -2.39. The predicted octanol–water partition coefficient (Wildman–Crippen LogP) is 2.39. The maximum absolute atomic E-state index is 11.7. The fourth-order valence-electron chi connectivity index (χ4n) is 1.49. The van der Waals surface area contributed by atoms with Gasteiger partial charge in [0.15, 0.2) is 0 Å². The van der Waals surface area contributed by atoms with Gasteiger partial charge in [-0.3, -0.25) is 4.90 Å². The average Bonchev–Trinajstić information content (AvgIpc) is 2.38. The molecule has 1 N–H and O–H groups in total. The van der Waals surface area contributed by atoms with Gasteiger partial charge in [-0.15, -0.1) is 0 Å². The van der Waals surface area contributed by atoms with E-state index in [0.29, 0.717) is 13.2 Å². The largest absolute Gasteiger partial charge is 0.444 e. The van der Waals surface area contributed by atoms with E-state index in [-0.39, 0.29) is 13.3 Å². The maximum atomic E-state index is 11.7. The average molecular weight is 281 g/mol. The van der Waals surface area contributed by atoms with E-state index in [0.717, 1.165) is 5.56 Å². The van der Waals surface area contributed by atoms with Gasteiger partial charge in [0.1, 0.15) is 12.3 Å². The fraction of sp³-hybridized carbons (Fsp3) is 0.533. The van der Waals surface area contributed by atoms with Crippen LogP contribution in [0.25, 0.3) is 0 Å². The van der Waals surface area contributed by atoms with Gasteiger partial charge in [-0.1, -0.05) is 30.3 Å². The molecule has 5 nitrogen and oxygen atoms in total. The highest BCUT2D eigenvalue weighted by molar-refractivity contribution is 5.67. The summed E-state index contributed by atoms with van der Waals surface area (Å²) < 4.78 is 10.6. The summed E-state index contributed by atoms with van der Waals surface area (Å²) >= 11 is 0. The summed E-state index contributed by atoms with van der Waals surface area (Å²) in [4.78, 5) is 12.9. The number of amides is 1. The molecule has 20 heavy (non-hydrogen) atoms. The second kappa shape index (κ2) is 7.87. The summed E-state index contributed by atoms with van der Waals surface area (Å²) in [7, 11) is 0. The van der Waals surface area contributed by atoms with E-state index in [9.17, 15) is 9.90 Å². The molecule has 0 aromatic heterocycles. The van der Waals surface area contributed by atoms with Crippen LogP contribution < -0.4 is 0 Å². The molecule has 112 valence electrons. The molecule has 0 radical (unpaired) electrons. The highest BCUT2D eigenvalue weighted by atomic mass is 16.6. The Labute approximate surface area is 120 Å². The molecule has 0 aliphatic rings.